The Balaban J connectivity index is 0.000000149. The van der Waals surface area contributed by atoms with Gasteiger partial charge in [-0.15, -0.1) is 6.42 Å². The summed E-state index contributed by atoms with van der Waals surface area (Å²) in [5.74, 6) is 7.95. The average molecular weight is 1040 g/mol. The third-order valence-electron chi connectivity index (χ3n) is 9.62. The Morgan fingerprint density at radius 1 is 0.687 bits per heavy atom. The predicted octanol–water partition coefficient (Wildman–Crippen LogP) is 6.82. The lowest BCUT2D eigenvalue weighted by Crippen LogP contribution is -2.36. The molecule has 4 N–H and O–H groups in total. The van der Waals surface area contributed by atoms with Crippen molar-refractivity contribution >= 4 is 71.2 Å². The number of morpholine rings is 1. The maximum atomic E-state index is 13.2. The molecule has 0 atom stereocenters. The zero-order chi connectivity index (χ0) is 47.9. The minimum atomic E-state index is -1.00. The van der Waals surface area contributed by atoms with Gasteiger partial charge < -0.3 is 30.4 Å². The van der Waals surface area contributed by atoms with Gasteiger partial charge in [0, 0.05) is 37.9 Å². The number of carbonyl (C=O) groups excluding carboxylic acids is 1. The zero-order valence-corrected chi connectivity index (χ0v) is 38.6. The molecule has 3 aliphatic heterocycles. The highest BCUT2D eigenvalue weighted by Crippen LogP contribution is 2.19. The third kappa shape index (κ3) is 14.0. The molecule has 1 amide bonds. The van der Waals surface area contributed by atoms with Crippen LogP contribution in [-0.2, 0) is 45.3 Å². The molecule has 14 nitrogen and oxygen atoms in total. The Morgan fingerprint density at radius 3 is 1.72 bits per heavy atom. The molecule has 5 heterocycles. The van der Waals surface area contributed by atoms with Crippen molar-refractivity contribution in [3.8, 4) is 24.2 Å². The predicted molar refractivity (Wildman–Crippen MR) is 255 cm³/mol. The van der Waals surface area contributed by atoms with Crippen LogP contribution in [0.15, 0.2) is 122 Å². The molecule has 0 radical (unpaired) electrons. The molecule has 0 spiro atoms. The summed E-state index contributed by atoms with van der Waals surface area (Å²) in [5.41, 5.74) is 9.00. The van der Waals surface area contributed by atoms with Crippen molar-refractivity contribution in [1.29, 1.82) is 0 Å². The van der Waals surface area contributed by atoms with E-state index in [-0.39, 0.29) is 46.5 Å². The first-order chi connectivity index (χ1) is 32.3. The number of nitrogens with zero attached hydrogens (tertiary/aromatic N) is 4. The Bertz CT molecular complexity index is 3170. The lowest BCUT2D eigenvalue weighted by Gasteiger charge is -2.18. The maximum absolute atomic E-state index is 13.2. The third-order valence-corrected chi connectivity index (χ3v) is 10.6. The first-order valence-corrected chi connectivity index (χ1v) is 21.9. The van der Waals surface area contributed by atoms with Crippen LogP contribution in [0.5, 0.6) is 0 Å². The number of halogens is 4. The van der Waals surface area contributed by atoms with E-state index in [1.54, 1.807) is 69.8 Å². The summed E-state index contributed by atoms with van der Waals surface area (Å²) in [6.45, 7) is 4.53. The quantitative estimate of drug-likeness (QED) is 0.116. The second-order valence-corrected chi connectivity index (χ2v) is 16.2. The van der Waals surface area contributed by atoms with Gasteiger partial charge in [0.25, 0.3) is 11.1 Å². The Hall–Kier alpha value is -7.06. The molecule has 3 aliphatic rings. The van der Waals surface area contributed by atoms with E-state index in [1.807, 2.05) is 12.1 Å². The average Bonchev–Trinajstić information content (AvgIpc) is 3.32. The number of nitrogens with one attached hydrogen (secondary N) is 1. The van der Waals surface area contributed by atoms with Gasteiger partial charge >= 0.3 is 5.97 Å². The van der Waals surface area contributed by atoms with Crippen molar-refractivity contribution < 1.29 is 37.7 Å². The van der Waals surface area contributed by atoms with Crippen LogP contribution in [0.2, 0.25) is 0 Å². The lowest BCUT2D eigenvalue weighted by atomic mass is 10.1. The molecule has 7 aromatic rings. The van der Waals surface area contributed by atoms with Gasteiger partial charge in [0.1, 0.15) is 43.1 Å². The minimum absolute atomic E-state index is 0.00810. The normalized spacial score (nSPS) is 13.3. The van der Waals surface area contributed by atoms with Gasteiger partial charge in [-0.1, -0.05) is 61.8 Å². The van der Waals surface area contributed by atoms with Crippen molar-refractivity contribution in [1.82, 2.24) is 24.4 Å². The summed E-state index contributed by atoms with van der Waals surface area (Å²) < 4.78 is 45.9. The molecule has 67 heavy (non-hydrogen) atoms. The molecule has 0 unspecified atom stereocenters. The number of anilines is 1. The number of rotatable bonds is 1. The van der Waals surface area contributed by atoms with Crippen LogP contribution >= 0.6 is 31.9 Å². The number of benzene rings is 5. The van der Waals surface area contributed by atoms with Crippen LogP contribution in [0.1, 0.15) is 38.7 Å². The molecule has 18 heteroatoms. The van der Waals surface area contributed by atoms with Crippen LogP contribution in [0, 0.1) is 35.8 Å². The number of carbonyl (C=O) groups is 2. The summed E-state index contributed by atoms with van der Waals surface area (Å²) in [5, 5.41) is 12.4. The largest absolute Gasteiger partial charge is 0.478 e. The number of terminal acetylenes is 1. The van der Waals surface area contributed by atoms with E-state index in [0.717, 1.165) is 20.0 Å². The summed E-state index contributed by atoms with van der Waals surface area (Å²) >= 11 is 6.55. The van der Waals surface area contributed by atoms with Crippen molar-refractivity contribution in [3.63, 3.8) is 0 Å². The van der Waals surface area contributed by atoms with Gasteiger partial charge in [-0.25, -0.2) is 23.5 Å². The number of carboxylic acids is 1. The van der Waals surface area contributed by atoms with E-state index in [2.05, 4.69) is 64.9 Å². The van der Waals surface area contributed by atoms with Crippen LogP contribution in [0.4, 0.5) is 14.5 Å². The van der Waals surface area contributed by atoms with Crippen molar-refractivity contribution in [2.75, 3.05) is 38.7 Å². The first kappa shape index (κ1) is 49.4. The van der Waals surface area contributed by atoms with Crippen molar-refractivity contribution in [3.05, 3.63) is 178 Å². The summed E-state index contributed by atoms with van der Waals surface area (Å²) in [6.07, 6.45) is 5.00. The van der Waals surface area contributed by atoms with E-state index < -0.39 is 5.97 Å². The minimum Gasteiger partial charge on any atom is -0.478 e. The molecule has 2 aromatic heterocycles. The van der Waals surface area contributed by atoms with E-state index in [9.17, 15) is 28.0 Å². The molecular formula is C49H40Br2F2N6O8. The number of nitrogens with two attached hydrogens (primary N) is 1. The van der Waals surface area contributed by atoms with Gasteiger partial charge in [-0.05, 0) is 91.0 Å². The Morgan fingerprint density at radius 2 is 1.21 bits per heavy atom. The Labute approximate surface area is 399 Å². The number of amides is 1. The molecule has 0 aliphatic carbocycles. The highest BCUT2D eigenvalue weighted by atomic mass is 79.9. The fourth-order valence-corrected chi connectivity index (χ4v) is 7.13. The molecule has 1 saturated heterocycles. The maximum Gasteiger partial charge on any atom is 0.337 e. The van der Waals surface area contributed by atoms with Gasteiger partial charge in [0.05, 0.1) is 60.3 Å². The van der Waals surface area contributed by atoms with Crippen molar-refractivity contribution in [2.45, 2.75) is 26.3 Å². The smallest absolute Gasteiger partial charge is 0.337 e. The van der Waals surface area contributed by atoms with Crippen molar-refractivity contribution in [2.24, 2.45) is 0 Å². The molecule has 0 saturated carbocycles. The standard InChI is InChI=1S/C19H13FN2O2.C11H9BrN2O2.C8H5F.C7H6BrNO2.C4H7NO2/c20-15-3-1-2-13(10-15)4-5-14-6-7-16-17(11-14)21-18-12-24-9-8-22(18)19(16)23;12-7-1-2-8-9(5-7)13-10-6-16-4-3-14(10)11(8)15;1-2-7-4-3-5-8(9)6-7;8-4-1-2-5(7(10)11)6(9)3-4;6-4-3-7-2-1-5-4/h1-3,6-7,10-11H,8-9,12H2;1-2,5H,3-4,6H2;1,3-6H;1-3H,9H2,(H,10,11);1-3H2,(H,5,6). The SMILES string of the molecule is C#Cc1cccc(F)c1.Nc1cc(Br)ccc1C(=O)O.O=C1COCCN1.O=c1c2ccc(Br)cc2nc2n1CCOC2.O=c1c2ccc(C#Cc3cccc(F)c3)cc2nc2n1CCOC2. The summed E-state index contributed by atoms with van der Waals surface area (Å²) in [6, 6.07) is 27.5. The second kappa shape index (κ2) is 23.9. The first-order valence-electron chi connectivity index (χ1n) is 20.3. The molecule has 5 aromatic carbocycles. The van der Waals surface area contributed by atoms with Crippen LogP contribution in [0.3, 0.4) is 0 Å². The fraction of sp³-hybridized carbons (Fsp3) is 0.184. The van der Waals surface area contributed by atoms with E-state index in [1.165, 1.54) is 30.3 Å². The number of aromatic carboxylic acids is 1. The topological polar surface area (TPSA) is 190 Å². The molecule has 10 rings (SSSR count). The van der Waals surface area contributed by atoms with E-state index >= 15 is 0 Å². The van der Waals surface area contributed by atoms with Crippen LogP contribution in [0.25, 0.3) is 21.8 Å². The zero-order valence-electron chi connectivity index (χ0n) is 35.4. The number of aromatic nitrogens is 4. The molecule has 0 bridgehead atoms. The summed E-state index contributed by atoms with van der Waals surface area (Å²) in [4.78, 5) is 54.3. The van der Waals surface area contributed by atoms with Gasteiger partial charge in [0.2, 0.25) is 5.91 Å². The molecule has 342 valence electrons. The lowest BCUT2D eigenvalue weighted by molar-refractivity contribution is -0.128. The second-order valence-electron chi connectivity index (χ2n) is 14.3. The van der Waals surface area contributed by atoms with Gasteiger partial charge in [0.15, 0.2) is 0 Å². The van der Waals surface area contributed by atoms with Gasteiger partial charge in [-0.3, -0.25) is 23.5 Å². The number of nitrogen functional groups attached to an aromatic ring is 1. The molecular weight excluding hydrogens is 998 g/mol. The Kier molecular flexibility index (Phi) is 17.6. The molecule has 1 fully saturated rings. The summed E-state index contributed by atoms with van der Waals surface area (Å²) in [7, 11) is 0. The number of hydrogen-bond acceptors (Lipinski definition) is 10. The number of ether oxygens (including phenoxy) is 3. The van der Waals surface area contributed by atoms with Crippen LogP contribution < -0.4 is 22.2 Å². The number of fused-ring (bicyclic) bond motifs is 4. The van der Waals surface area contributed by atoms with Gasteiger partial charge in [-0.2, -0.15) is 0 Å². The van der Waals surface area contributed by atoms with E-state index in [0.29, 0.717) is 91.7 Å². The monoisotopic (exact) mass is 1040 g/mol. The highest BCUT2D eigenvalue weighted by molar-refractivity contribution is 9.10. The number of carboxylic acid groups (broad SMARTS) is 1. The number of hydrogen-bond donors (Lipinski definition) is 3. The van der Waals surface area contributed by atoms with Crippen LogP contribution in [-0.4, -0.2) is 69.1 Å². The van der Waals surface area contributed by atoms with E-state index in [4.69, 9.17) is 31.5 Å². The fourth-order valence-electron chi connectivity index (χ4n) is 6.40. The highest BCUT2D eigenvalue weighted by Gasteiger charge is 2.16.